The third kappa shape index (κ3) is 8.14. The fourth-order valence-corrected chi connectivity index (χ4v) is 3.70. The molecule has 5 heteroatoms. The van der Waals surface area contributed by atoms with Gasteiger partial charge in [0.2, 0.25) is 0 Å². The van der Waals surface area contributed by atoms with Gasteiger partial charge >= 0.3 is 5.97 Å². The molecule has 0 N–H and O–H groups in total. The Hall–Kier alpha value is -1.94. The fraction of sp³-hybridized carbons (Fsp3) is 0.542. The lowest BCUT2D eigenvalue weighted by atomic mass is 10.0. The Morgan fingerprint density at radius 3 is 2.66 bits per heavy atom. The van der Waals surface area contributed by atoms with E-state index in [1.54, 1.807) is 12.4 Å². The molecule has 2 aromatic rings. The number of nitrogens with zero attached hydrogens (tertiary/aromatic N) is 2. The van der Waals surface area contributed by atoms with E-state index in [0.29, 0.717) is 18.1 Å². The Morgan fingerprint density at radius 2 is 1.90 bits per heavy atom. The predicted octanol–water partition coefficient (Wildman–Crippen LogP) is 6.61. The molecule has 29 heavy (non-hydrogen) atoms. The highest BCUT2D eigenvalue weighted by Crippen LogP contribution is 2.26. The first-order valence-corrected chi connectivity index (χ1v) is 11.2. The van der Waals surface area contributed by atoms with E-state index in [2.05, 4.69) is 16.9 Å². The Bertz CT molecular complexity index is 764. The molecule has 1 aromatic heterocycles. The number of hydrogen-bond acceptors (Lipinski definition) is 4. The van der Waals surface area contributed by atoms with Crippen LogP contribution in [-0.2, 0) is 11.2 Å². The summed E-state index contributed by atoms with van der Waals surface area (Å²) in [6, 6.07) is 7.48. The second kappa shape index (κ2) is 12.6. The number of benzene rings is 1. The molecule has 0 saturated heterocycles. The van der Waals surface area contributed by atoms with Crippen molar-refractivity contribution in [1.82, 2.24) is 9.97 Å². The summed E-state index contributed by atoms with van der Waals surface area (Å²) in [4.78, 5) is 20.9. The fourth-order valence-electron chi connectivity index (χ4n) is 3.29. The minimum absolute atomic E-state index is 0.335. The van der Waals surface area contributed by atoms with E-state index < -0.39 is 11.3 Å². The van der Waals surface area contributed by atoms with E-state index in [4.69, 9.17) is 16.3 Å². The van der Waals surface area contributed by atoms with Crippen molar-refractivity contribution >= 4 is 17.6 Å². The van der Waals surface area contributed by atoms with Crippen molar-refractivity contribution in [2.45, 2.75) is 77.5 Å². The molecular formula is C24H33ClN2O2. The lowest BCUT2D eigenvalue weighted by Crippen LogP contribution is -2.22. The largest absolute Gasteiger partial charge is 0.425 e. The smallest absolute Gasteiger partial charge is 0.329 e. The van der Waals surface area contributed by atoms with Crippen molar-refractivity contribution in [1.29, 1.82) is 0 Å². The van der Waals surface area contributed by atoms with E-state index >= 15 is 0 Å². The first-order chi connectivity index (χ1) is 14.0. The lowest BCUT2D eigenvalue weighted by Gasteiger charge is -2.13. The van der Waals surface area contributed by atoms with Gasteiger partial charge in [-0.05, 0) is 42.9 Å². The topological polar surface area (TPSA) is 52.1 Å². The molecule has 1 unspecified atom stereocenters. The molecule has 1 heterocycles. The number of halogens is 1. The molecule has 0 radical (unpaired) electrons. The maximum absolute atomic E-state index is 12.2. The number of hydrogen-bond donors (Lipinski definition) is 0. The number of aryl methyl sites for hydroxylation is 1. The van der Waals surface area contributed by atoms with Crippen LogP contribution in [0.4, 0.5) is 0 Å². The second-order valence-electron chi connectivity index (χ2n) is 7.96. The van der Waals surface area contributed by atoms with E-state index in [1.807, 2.05) is 38.2 Å². The SMILES string of the molecule is CCCCCCCCc1cncnc1-c1cccc(OC(=O)C(Cl)CC(C)C)c1. The Balaban J connectivity index is 2.03. The molecule has 0 aliphatic carbocycles. The van der Waals surface area contributed by atoms with Gasteiger partial charge in [-0.15, -0.1) is 11.6 Å². The summed E-state index contributed by atoms with van der Waals surface area (Å²) in [6.07, 6.45) is 12.5. The van der Waals surface area contributed by atoms with Crippen LogP contribution in [0, 0.1) is 5.92 Å². The minimum atomic E-state index is -0.638. The van der Waals surface area contributed by atoms with E-state index in [9.17, 15) is 4.79 Å². The average Bonchev–Trinajstić information content (AvgIpc) is 2.70. The summed E-state index contributed by atoms with van der Waals surface area (Å²) in [6.45, 7) is 6.30. The van der Waals surface area contributed by atoms with Crippen LogP contribution in [0.2, 0.25) is 0 Å². The second-order valence-corrected chi connectivity index (χ2v) is 8.49. The minimum Gasteiger partial charge on any atom is -0.425 e. The van der Waals surface area contributed by atoms with Crippen LogP contribution in [0.25, 0.3) is 11.3 Å². The summed E-state index contributed by atoms with van der Waals surface area (Å²) in [5.74, 6) is 0.417. The Labute approximate surface area is 180 Å². The number of aromatic nitrogens is 2. The monoisotopic (exact) mass is 416 g/mol. The normalized spacial score (nSPS) is 12.2. The molecule has 158 valence electrons. The van der Waals surface area contributed by atoms with Gasteiger partial charge in [-0.25, -0.2) is 9.97 Å². The summed E-state index contributed by atoms with van der Waals surface area (Å²) < 4.78 is 5.50. The molecule has 0 amide bonds. The highest BCUT2D eigenvalue weighted by molar-refractivity contribution is 6.30. The molecule has 0 saturated carbocycles. The molecule has 0 bridgehead atoms. The highest BCUT2D eigenvalue weighted by atomic mass is 35.5. The molecule has 2 rings (SSSR count). The summed E-state index contributed by atoms with van der Waals surface area (Å²) in [7, 11) is 0. The molecule has 0 aliphatic heterocycles. The van der Waals surface area contributed by atoms with Gasteiger partial charge in [0.25, 0.3) is 0 Å². The zero-order chi connectivity index (χ0) is 21.1. The third-order valence-electron chi connectivity index (χ3n) is 4.85. The van der Waals surface area contributed by atoms with Crippen LogP contribution < -0.4 is 4.74 Å². The molecular weight excluding hydrogens is 384 g/mol. The van der Waals surface area contributed by atoms with E-state index in [0.717, 1.165) is 29.7 Å². The van der Waals surface area contributed by atoms with Gasteiger partial charge in [-0.2, -0.15) is 0 Å². The van der Waals surface area contributed by atoms with Crippen molar-refractivity contribution in [3.63, 3.8) is 0 Å². The number of alkyl halides is 1. The maximum Gasteiger partial charge on any atom is 0.329 e. The molecule has 4 nitrogen and oxygen atoms in total. The summed E-state index contributed by atoms with van der Waals surface area (Å²) in [5.41, 5.74) is 2.95. The number of carbonyl (C=O) groups excluding carboxylic acids is 1. The molecule has 0 spiro atoms. The molecule has 1 atom stereocenters. The van der Waals surface area contributed by atoms with Gasteiger partial charge in [0.15, 0.2) is 0 Å². The van der Waals surface area contributed by atoms with E-state index in [1.165, 1.54) is 32.1 Å². The standard InChI is InChI=1S/C24H33ClN2O2/c1-4-5-6-7-8-9-11-20-16-26-17-27-23(20)19-12-10-13-21(15-19)29-24(28)22(25)14-18(2)3/h10,12-13,15-18,22H,4-9,11,14H2,1-3H3. The summed E-state index contributed by atoms with van der Waals surface area (Å²) in [5, 5.41) is -0.638. The molecule has 0 fully saturated rings. The summed E-state index contributed by atoms with van der Waals surface area (Å²) >= 11 is 6.17. The van der Waals surface area contributed by atoms with Crippen molar-refractivity contribution in [3.05, 3.63) is 42.4 Å². The van der Waals surface area contributed by atoms with Gasteiger partial charge in [-0.1, -0.05) is 65.0 Å². The quantitative estimate of drug-likeness (QED) is 0.169. The highest BCUT2D eigenvalue weighted by Gasteiger charge is 2.19. The zero-order valence-corrected chi connectivity index (χ0v) is 18.6. The van der Waals surface area contributed by atoms with Gasteiger partial charge in [0, 0.05) is 11.8 Å². The average molecular weight is 417 g/mol. The van der Waals surface area contributed by atoms with Crippen LogP contribution in [0.3, 0.4) is 0 Å². The first-order valence-electron chi connectivity index (χ1n) is 10.8. The van der Waals surface area contributed by atoms with Crippen molar-refractivity contribution in [3.8, 4) is 17.0 Å². The van der Waals surface area contributed by atoms with Crippen LogP contribution in [0.1, 0.15) is 71.3 Å². The zero-order valence-electron chi connectivity index (χ0n) is 17.9. The van der Waals surface area contributed by atoms with Gasteiger partial charge in [0.05, 0.1) is 5.69 Å². The Kier molecular flexibility index (Phi) is 10.1. The third-order valence-corrected chi connectivity index (χ3v) is 5.20. The Morgan fingerprint density at radius 1 is 1.14 bits per heavy atom. The number of ether oxygens (including phenoxy) is 1. The first kappa shape index (κ1) is 23.3. The maximum atomic E-state index is 12.2. The van der Waals surface area contributed by atoms with Gasteiger partial charge < -0.3 is 4.74 Å². The van der Waals surface area contributed by atoms with Crippen molar-refractivity contribution in [2.75, 3.05) is 0 Å². The van der Waals surface area contributed by atoms with Crippen molar-refractivity contribution < 1.29 is 9.53 Å². The van der Waals surface area contributed by atoms with Gasteiger partial charge in [-0.3, -0.25) is 4.79 Å². The van der Waals surface area contributed by atoms with Gasteiger partial charge in [0.1, 0.15) is 17.5 Å². The van der Waals surface area contributed by atoms with Crippen molar-refractivity contribution in [2.24, 2.45) is 5.92 Å². The number of esters is 1. The van der Waals surface area contributed by atoms with Crippen LogP contribution in [0.5, 0.6) is 5.75 Å². The number of carbonyl (C=O) groups is 1. The molecule has 1 aromatic carbocycles. The van der Waals surface area contributed by atoms with Crippen LogP contribution >= 0.6 is 11.6 Å². The van der Waals surface area contributed by atoms with Crippen LogP contribution in [-0.4, -0.2) is 21.3 Å². The van der Waals surface area contributed by atoms with E-state index in [-0.39, 0.29) is 0 Å². The predicted molar refractivity (Wildman–Crippen MR) is 119 cm³/mol. The molecule has 0 aliphatic rings. The lowest BCUT2D eigenvalue weighted by molar-refractivity contribution is -0.134. The van der Waals surface area contributed by atoms with Crippen LogP contribution in [0.15, 0.2) is 36.8 Å². The number of unbranched alkanes of at least 4 members (excludes halogenated alkanes) is 5. The number of rotatable bonds is 12.